The van der Waals surface area contributed by atoms with E-state index in [1.165, 1.54) is 5.56 Å². The Labute approximate surface area is 220 Å². The Balaban J connectivity index is 1.34. The number of nitrogens with one attached hydrogen (secondary N) is 2. The molecule has 0 bridgehead atoms. The quantitative estimate of drug-likeness (QED) is 0.245. The number of rotatable bonds is 7. The second-order valence-electron chi connectivity index (χ2n) is 9.75. The standard InChI is InChI=1S/C29H29N5O2S/c1-29(2,3)26-18-27(34(33-26)21-13-17-37-19-21)32-28(35)31-24-8-9-25(23-7-5-4-6-22(23)24)36-16-12-20-10-14-30-15-11-20/h4-11,13-15,17-19H,12,16H2,1-3H3,(H2,31,32,35). The van der Waals surface area contributed by atoms with Gasteiger partial charge in [-0.25, -0.2) is 9.48 Å². The third kappa shape index (κ3) is 5.65. The van der Waals surface area contributed by atoms with Crippen LogP contribution in [-0.4, -0.2) is 27.4 Å². The van der Waals surface area contributed by atoms with E-state index >= 15 is 0 Å². The second-order valence-corrected chi connectivity index (χ2v) is 10.5. The van der Waals surface area contributed by atoms with Crippen LogP contribution in [0, 0.1) is 0 Å². The molecule has 2 amide bonds. The molecular weight excluding hydrogens is 482 g/mol. The van der Waals surface area contributed by atoms with Gasteiger partial charge in [0.05, 0.1) is 23.7 Å². The van der Waals surface area contributed by atoms with Gasteiger partial charge in [0, 0.05) is 46.4 Å². The number of ether oxygens (including phenoxy) is 1. The van der Waals surface area contributed by atoms with Gasteiger partial charge < -0.3 is 10.1 Å². The van der Waals surface area contributed by atoms with Gasteiger partial charge >= 0.3 is 6.03 Å². The molecule has 0 fully saturated rings. The highest BCUT2D eigenvalue weighted by molar-refractivity contribution is 7.08. The number of thiophene rings is 1. The highest BCUT2D eigenvalue weighted by Crippen LogP contribution is 2.32. The van der Waals surface area contributed by atoms with Gasteiger partial charge in [-0.05, 0) is 41.3 Å². The molecule has 5 aromatic rings. The molecule has 0 aliphatic rings. The lowest BCUT2D eigenvalue weighted by Gasteiger charge is -2.14. The molecule has 2 N–H and O–H groups in total. The Morgan fingerprint density at radius 3 is 2.51 bits per heavy atom. The minimum atomic E-state index is -0.339. The van der Waals surface area contributed by atoms with Gasteiger partial charge in [-0.2, -0.15) is 16.4 Å². The van der Waals surface area contributed by atoms with Crippen LogP contribution in [0.25, 0.3) is 16.5 Å². The summed E-state index contributed by atoms with van der Waals surface area (Å²) in [5.41, 5.74) is 3.53. The lowest BCUT2D eigenvalue weighted by atomic mass is 9.92. The monoisotopic (exact) mass is 511 g/mol. The predicted molar refractivity (Wildman–Crippen MR) is 150 cm³/mol. The van der Waals surface area contributed by atoms with E-state index in [9.17, 15) is 4.79 Å². The number of hydrogen-bond donors (Lipinski definition) is 2. The second kappa shape index (κ2) is 10.4. The topological polar surface area (TPSA) is 81.1 Å². The fourth-order valence-electron chi connectivity index (χ4n) is 4.02. The van der Waals surface area contributed by atoms with E-state index in [4.69, 9.17) is 9.84 Å². The van der Waals surface area contributed by atoms with Crippen molar-refractivity contribution in [3.63, 3.8) is 0 Å². The number of anilines is 2. The zero-order chi connectivity index (χ0) is 25.8. The lowest BCUT2D eigenvalue weighted by Crippen LogP contribution is -2.21. The smallest absolute Gasteiger partial charge is 0.324 e. The van der Waals surface area contributed by atoms with Gasteiger partial charge in [0.1, 0.15) is 11.6 Å². The molecule has 0 radical (unpaired) electrons. The molecule has 0 saturated heterocycles. The molecule has 0 unspecified atom stereocenters. The molecule has 0 spiro atoms. The van der Waals surface area contributed by atoms with Crippen molar-refractivity contribution in [2.75, 3.05) is 17.2 Å². The van der Waals surface area contributed by atoms with Gasteiger partial charge in [0.2, 0.25) is 0 Å². The average molecular weight is 512 g/mol. The fraction of sp³-hybridized carbons (Fsp3) is 0.207. The number of amides is 2. The van der Waals surface area contributed by atoms with Gasteiger partial charge in [0.25, 0.3) is 0 Å². The number of pyridine rings is 1. The first-order chi connectivity index (χ1) is 17.9. The highest BCUT2D eigenvalue weighted by atomic mass is 32.1. The zero-order valence-electron chi connectivity index (χ0n) is 21.1. The predicted octanol–water partition coefficient (Wildman–Crippen LogP) is 7.05. The van der Waals surface area contributed by atoms with Crippen molar-refractivity contribution in [1.29, 1.82) is 0 Å². The first kappa shape index (κ1) is 24.5. The Hall–Kier alpha value is -4.17. The highest BCUT2D eigenvalue weighted by Gasteiger charge is 2.22. The maximum absolute atomic E-state index is 13.1. The van der Waals surface area contributed by atoms with Gasteiger partial charge in [-0.1, -0.05) is 45.0 Å². The van der Waals surface area contributed by atoms with Gasteiger partial charge in [0.15, 0.2) is 0 Å². The van der Waals surface area contributed by atoms with Crippen molar-refractivity contribution in [1.82, 2.24) is 14.8 Å². The maximum atomic E-state index is 13.1. The maximum Gasteiger partial charge on any atom is 0.324 e. The first-order valence-corrected chi connectivity index (χ1v) is 13.1. The molecule has 0 aliphatic carbocycles. The molecule has 5 rings (SSSR count). The van der Waals surface area contributed by atoms with Crippen LogP contribution in [0.1, 0.15) is 32.0 Å². The van der Waals surface area contributed by atoms with E-state index < -0.39 is 0 Å². The Bertz CT molecular complexity index is 1500. The van der Waals surface area contributed by atoms with Crippen molar-refractivity contribution in [3.05, 3.63) is 95.1 Å². The molecule has 0 saturated carbocycles. The van der Waals surface area contributed by atoms with Crippen LogP contribution in [0.3, 0.4) is 0 Å². The number of urea groups is 1. The summed E-state index contributed by atoms with van der Waals surface area (Å²) in [5, 5.41) is 16.6. The van der Waals surface area contributed by atoms with Crippen molar-refractivity contribution >= 4 is 39.6 Å². The molecule has 37 heavy (non-hydrogen) atoms. The van der Waals surface area contributed by atoms with E-state index in [2.05, 4.69) is 36.4 Å². The third-order valence-electron chi connectivity index (χ3n) is 6.00. The largest absolute Gasteiger partial charge is 0.493 e. The number of carbonyl (C=O) groups is 1. The van der Waals surface area contributed by atoms with E-state index in [1.807, 2.05) is 71.4 Å². The minimum absolute atomic E-state index is 0.155. The number of nitrogens with zero attached hydrogens (tertiary/aromatic N) is 3. The van der Waals surface area contributed by atoms with E-state index in [-0.39, 0.29) is 11.4 Å². The van der Waals surface area contributed by atoms with Crippen LogP contribution >= 0.6 is 11.3 Å². The lowest BCUT2D eigenvalue weighted by molar-refractivity contribution is 0.262. The van der Waals surface area contributed by atoms with Crippen molar-refractivity contribution in [2.45, 2.75) is 32.6 Å². The SMILES string of the molecule is CC(C)(C)c1cc(NC(=O)Nc2ccc(OCCc3ccncc3)c3ccccc23)n(-c2ccsc2)n1. The summed E-state index contributed by atoms with van der Waals surface area (Å²) in [7, 11) is 0. The van der Waals surface area contributed by atoms with Crippen molar-refractivity contribution in [3.8, 4) is 11.4 Å². The van der Waals surface area contributed by atoms with E-state index in [0.29, 0.717) is 18.1 Å². The summed E-state index contributed by atoms with van der Waals surface area (Å²) in [5.74, 6) is 1.39. The Kier molecular flexibility index (Phi) is 6.92. The molecule has 188 valence electrons. The Morgan fingerprint density at radius 2 is 1.78 bits per heavy atom. The molecule has 3 heterocycles. The van der Waals surface area contributed by atoms with Crippen LogP contribution in [-0.2, 0) is 11.8 Å². The molecule has 0 aliphatic heterocycles. The number of aromatic nitrogens is 3. The van der Waals surface area contributed by atoms with Crippen LogP contribution < -0.4 is 15.4 Å². The number of carbonyl (C=O) groups excluding carboxylic acids is 1. The normalized spacial score (nSPS) is 11.4. The average Bonchev–Trinajstić information content (AvgIpc) is 3.56. The van der Waals surface area contributed by atoms with Crippen LogP contribution in [0.15, 0.2) is 83.8 Å². The van der Waals surface area contributed by atoms with Crippen LogP contribution in [0.5, 0.6) is 5.75 Å². The van der Waals surface area contributed by atoms with E-state index in [1.54, 1.807) is 28.4 Å². The number of fused-ring (bicyclic) bond motifs is 1. The van der Waals surface area contributed by atoms with E-state index in [0.717, 1.165) is 34.3 Å². The molecule has 2 aromatic carbocycles. The molecular formula is C29H29N5O2S. The minimum Gasteiger partial charge on any atom is -0.493 e. The zero-order valence-corrected chi connectivity index (χ0v) is 21.9. The number of hydrogen-bond acceptors (Lipinski definition) is 5. The van der Waals surface area contributed by atoms with Gasteiger partial charge in [-0.15, -0.1) is 0 Å². The summed E-state index contributed by atoms with van der Waals surface area (Å²) in [6.07, 6.45) is 4.36. The fourth-order valence-corrected chi connectivity index (χ4v) is 4.63. The Morgan fingerprint density at radius 1 is 1.00 bits per heavy atom. The van der Waals surface area contributed by atoms with Gasteiger partial charge in [-0.3, -0.25) is 10.3 Å². The molecule has 0 atom stereocenters. The van der Waals surface area contributed by atoms with Crippen molar-refractivity contribution < 1.29 is 9.53 Å². The molecule has 7 nitrogen and oxygen atoms in total. The summed E-state index contributed by atoms with van der Waals surface area (Å²) in [6.45, 7) is 6.85. The van der Waals surface area contributed by atoms with Crippen molar-refractivity contribution in [2.24, 2.45) is 0 Å². The summed E-state index contributed by atoms with van der Waals surface area (Å²) >= 11 is 1.58. The third-order valence-corrected chi connectivity index (χ3v) is 6.67. The van der Waals surface area contributed by atoms with Crippen LogP contribution in [0.4, 0.5) is 16.3 Å². The summed E-state index contributed by atoms with van der Waals surface area (Å²) in [6, 6.07) is 19.2. The molecule has 3 aromatic heterocycles. The molecule has 8 heteroatoms. The summed E-state index contributed by atoms with van der Waals surface area (Å²) < 4.78 is 7.88. The number of benzene rings is 2. The van der Waals surface area contributed by atoms with Crippen LogP contribution in [0.2, 0.25) is 0 Å². The first-order valence-electron chi connectivity index (χ1n) is 12.1. The summed E-state index contributed by atoms with van der Waals surface area (Å²) in [4.78, 5) is 17.2.